The van der Waals surface area contributed by atoms with Gasteiger partial charge in [0.05, 0.1) is 5.02 Å². The summed E-state index contributed by atoms with van der Waals surface area (Å²) in [4.78, 5) is 25.2. The minimum atomic E-state index is -0.276. The molecule has 0 aliphatic heterocycles. The van der Waals surface area contributed by atoms with Gasteiger partial charge in [0.1, 0.15) is 5.75 Å². The first kappa shape index (κ1) is 18.8. The minimum Gasteiger partial charge on any atom is -0.482 e. The zero-order chi connectivity index (χ0) is 18.2. The Hall–Kier alpha value is -2.53. The number of hydrogen-bond donors (Lipinski definition) is 1. The molecule has 132 valence electrons. The zero-order valence-electron chi connectivity index (χ0n) is 14.3. The molecule has 1 N–H and O–H groups in total. The fraction of sp³-hybridized carbons (Fsp3) is 0.263. The number of halogens is 1. The molecule has 0 aliphatic carbocycles. The molecule has 0 fully saturated rings. The van der Waals surface area contributed by atoms with Gasteiger partial charge in [-0.15, -0.1) is 0 Å². The van der Waals surface area contributed by atoms with E-state index in [1.165, 1.54) is 0 Å². The van der Waals surface area contributed by atoms with Crippen LogP contribution in [-0.4, -0.2) is 37.4 Å². The highest BCUT2D eigenvalue weighted by atomic mass is 35.5. The van der Waals surface area contributed by atoms with E-state index in [-0.39, 0.29) is 18.4 Å². The lowest BCUT2D eigenvalue weighted by molar-refractivity contribution is -0.128. The van der Waals surface area contributed by atoms with E-state index in [1.807, 2.05) is 18.2 Å². The van der Waals surface area contributed by atoms with Gasteiger partial charge in [-0.25, -0.2) is 0 Å². The summed E-state index contributed by atoms with van der Waals surface area (Å²) < 4.78 is 5.41. The second-order valence-electron chi connectivity index (χ2n) is 5.76. The van der Waals surface area contributed by atoms with Crippen LogP contribution in [0, 0.1) is 0 Å². The van der Waals surface area contributed by atoms with E-state index in [4.69, 9.17) is 16.3 Å². The molecule has 0 aromatic heterocycles. The number of ether oxygens (including phenoxy) is 1. The first-order valence-corrected chi connectivity index (χ1v) is 8.30. The molecule has 2 amide bonds. The van der Waals surface area contributed by atoms with Crippen LogP contribution >= 0.6 is 11.6 Å². The summed E-state index contributed by atoms with van der Waals surface area (Å²) >= 11 is 5.98. The summed E-state index contributed by atoms with van der Waals surface area (Å²) in [6, 6.07) is 14.4. The minimum absolute atomic E-state index is 0.0718. The van der Waals surface area contributed by atoms with E-state index in [1.54, 1.807) is 49.3 Å². The van der Waals surface area contributed by atoms with Crippen LogP contribution in [0.3, 0.4) is 0 Å². The van der Waals surface area contributed by atoms with Gasteiger partial charge in [-0.05, 0) is 36.2 Å². The van der Waals surface area contributed by atoms with Gasteiger partial charge in [-0.3, -0.25) is 9.59 Å². The molecule has 2 aromatic carbocycles. The summed E-state index contributed by atoms with van der Waals surface area (Å²) in [5, 5.41) is 3.24. The van der Waals surface area contributed by atoms with E-state index in [0.717, 1.165) is 5.56 Å². The van der Waals surface area contributed by atoms with Gasteiger partial charge in [0, 0.05) is 26.2 Å². The second kappa shape index (κ2) is 9.08. The monoisotopic (exact) mass is 360 g/mol. The van der Waals surface area contributed by atoms with Gasteiger partial charge in [0.15, 0.2) is 6.61 Å². The molecule has 6 heteroatoms. The summed E-state index contributed by atoms with van der Waals surface area (Å²) in [5.41, 5.74) is 1.66. The number of amides is 2. The molecule has 2 aromatic rings. The molecule has 5 nitrogen and oxygen atoms in total. The van der Waals surface area contributed by atoms with Crippen LogP contribution in [0.1, 0.15) is 12.0 Å². The van der Waals surface area contributed by atoms with Crippen molar-refractivity contribution < 1.29 is 14.3 Å². The number of rotatable bonds is 7. The number of benzene rings is 2. The van der Waals surface area contributed by atoms with Crippen LogP contribution in [0.15, 0.2) is 48.5 Å². The number of carbonyl (C=O) groups excluding carboxylic acids is 2. The standard InChI is InChI=1S/C19H21ClN2O3/c1-22(2)19(24)11-10-14-6-5-7-15(12-14)21-18(23)13-25-17-9-4-3-8-16(17)20/h3-9,12H,10-11,13H2,1-2H3,(H,21,23). The van der Waals surface area contributed by atoms with Crippen LogP contribution in [0.2, 0.25) is 5.02 Å². The van der Waals surface area contributed by atoms with Gasteiger partial charge in [0.2, 0.25) is 5.91 Å². The molecule has 0 saturated heterocycles. The van der Waals surface area contributed by atoms with Crippen molar-refractivity contribution in [2.24, 2.45) is 0 Å². The topological polar surface area (TPSA) is 58.6 Å². The van der Waals surface area contributed by atoms with Crippen molar-refractivity contribution in [3.8, 4) is 5.75 Å². The van der Waals surface area contributed by atoms with E-state index in [9.17, 15) is 9.59 Å². The van der Waals surface area contributed by atoms with Crippen molar-refractivity contribution in [2.75, 3.05) is 26.0 Å². The Bertz CT molecular complexity index is 747. The Balaban J connectivity index is 1.87. The van der Waals surface area contributed by atoms with E-state index in [2.05, 4.69) is 5.32 Å². The third-order valence-corrected chi connectivity index (χ3v) is 3.84. The number of nitrogens with zero attached hydrogens (tertiary/aromatic N) is 1. The van der Waals surface area contributed by atoms with Crippen molar-refractivity contribution in [1.82, 2.24) is 4.90 Å². The number of nitrogens with one attached hydrogen (secondary N) is 1. The Morgan fingerprint density at radius 1 is 1.12 bits per heavy atom. The number of aryl methyl sites for hydroxylation is 1. The Morgan fingerprint density at radius 2 is 1.88 bits per heavy atom. The molecule has 0 heterocycles. The Morgan fingerprint density at radius 3 is 2.60 bits per heavy atom. The molecular formula is C19H21ClN2O3. The SMILES string of the molecule is CN(C)C(=O)CCc1cccc(NC(=O)COc2ccccc2Cl)c1. The summed E-state index contributed by atoms with van der Waals surface area (Å²) in [7, 11) is 3.47. The Kier molecular flexibility index (Phi) is 6.83. The average Bonchev–Trinajstić information content (AvgIpc) is 2.59. The normalized spacial score (nSPS) is 10.2. The fourth-order valence-electron chi connectivity index (χ4n) is 2.18. The third kappa shape index (κ3) is 6.12. The maximum Gasteiger partial charge on any atom is 0.262 e. The number of hydrogen-bond acceptors (Lipinski definition) is 3. The van der Waals surface area contributed by atoms with Crippen molar-refractivity contribution in [3.05, 3.63) is 59.1 Å². The van der Waals surface area contributed by atoms with E-state index >= 15 is 0 Å². The molecule has 0 radical (unpaired) electrons. The van der Waals surface area contributed by atoms with Gasteiger partial charge >= 0.3 is 0 Å². The molecule has 0 spiro atoms. The molecule has 0 saturated carbocycles. The maximum atomic E-state index is 12.0. The highest BCUT2D eigenvalue weighted by Gasteiger charge is 2.08. The first-order chi connectivity index (χ1) is 12.0. The molecule has 0 bridgehead atoms. The lowest BCUT2D eigenvalue weighted by Crippen LogP contribution is -2.22. The highest BCUT2D eigenvalue weighted by Crippen LogP contribution is 2.23. The van der Waals surface area contributed by atoms with Gasteiger partial charge in [0.25, 0.3) is 5.91 Å². The molecular weight excluding hydrogens is 340 g/mol. The van der Waals surface area contributed by atoms with Gasteiger partial charge in [-0.2, -0.15) is 0 Å². The first-order valence-electron chi connectivity index (χ1n) is 7.92. The smallest absolute Gasteiger partial charge is 0.262 e. The molecule has 0 unspecified atom stereocenters. The van der Waals surface area contributed by atoms with Crippen LogP contribution < -0.4 is 10.1 Å². The number of anilines is 1. The van der Waals surface area contributed by atoms with Crippen LogP contribution in [-0.2, 0) is 16.0 Å². The lowest BCUT2D eigenvalue weighted by Gasteiger charge is -2.11. The summed E-state index contributed by atoms with van der Waals surface area (Å²) in [6.07, 6.45) is 1.05. The zero-order valence-corrected chi connectivity index (χ0v) is 15.0. The summed E-state index contributed by atoms with van der Waals surface area (Å²) in [6.45, 7) is -0.132. The largest absolute Gasteiger partial charge is 0.482 e. The predicted octanol–water partition coefficient (Wildman–Crippen LogP) is 3.38. The van der Waals surface area contributed by atoms with E-state index in [0.29, 0.717) is 29.3 Å². The predicted molar refractivity (Wildman–Crippen MR) is 99.0 cm³/mol. The van der Waals surface area contributed by atoms with Crippen molar-refractivity contribution in [3.63, 3.8) is 0 Å². The quantitative estimate of drug-likeness (QED) is 0.823. The van der Waals surface area contributed by atoms with Gasteiger partial charge in [-0.1, -0.05) is 35.9 Å². The van der Waals surface area contributed by atoms with Crippen LogP contribution in [0.25, 0.3) is 0 Å². The fourth-order valence-corrected chi connectivity index (χ4v) is 2.37. The van der Waals surface area contributed by atoms with Crippen LogP contribution in [0.5, 0.6) is 5.75 Å². The molecule has 2 rings (SSSR count). The van der Waals surface area contributed by atoms with Gasteiger partial charge < -0.3 is 15.0 Å². The number of para-hydroxylation sites is 1. The van der Waals surface area contributed by atoms with Crippen molar-refractivity contribution in [1.29, 1.82) is 0 Å². The molecule has 25 heavy (non-hydrogen) atoms. The highest BCUT2D eigenvalue weighted by molar-refractivity contribution is 6.32. The molecule has 0 atom stereocenters. The Labute approximate surface area is 152 Å². The van der Waals surface area contributed by atoms with Crippen molar-refractivity contribution >= 4 is 29.1 Å². The van der Waals surface area contributed by atoms with E-state index < -0.39 is 0 Å². The van der Waals surface area contributed by atoms with Crippen LogP contribution in [0.4, 0.5) is 5.69 Å². The van der Waals surface area contributed by atoms with Crippen molar-refractivity contribution in [2.45, 2.75) is 12.8 Å². The second-order valence-corrected chi connectivity index (χ2v) is 6.16. The maximum absolute atomic E-state index is 12.0. The lowest BCUT2D eigenvalue weighted by atomic mass is 10.1. The third-order valence-electron chi connectivity index (χ3n) is 3.53. The summed E-state index contributed by atoms with van der Waals surface area (Å²) in [5.74, 6) is 0.263. The average molecular weight is 361 g/mol. The number of carbonyl (C=O) groups is 2. The molecule has 0 aliphatic rings.